The van der Waals surface area contributed by atoms with Crippen LogP contribution in [0.3, 0.4) is 0 Å². The molecule has 0 aliphatic heterocycles. The van der Waals surface area contributed by atoms with Crippen molar-refractivity contribution in [1.82, 2.24) is 4.98 Å². The summed E-state index contributed by atoms with van der Waals surface area (Å²) in [6.45, 7) is 11.0. The number of pyridine rings is 1. The minimum absolute atomic E-state index is 0. The number of hydrogen-bond donors (Lipinski definition) is 0. The van der Waals surface area contributed by atoms with E-state index in [0.717, 1.165) is 11.3 Å². The third-order valence-corrected chi connectivity index (χ3v) is 5.15. The summed E-state index contributed by atoms with van der Waals surface area (Å²) in [5.74, 6) is 0. The zero-order chi connectivity index (χ0) is 18.5. The van der Waals surface area contributed by atoms with Gasteiger partial charge < -0.3 is 4.98 Å². The van der Waals surface area contributed by atoms with Gasteiger partial charge in [0, 0.05) is 26.3 Å². The smallest absolute Gasteiger partial charge is 0.0163 e. The second-order valence-corrected chi connectivity index (χ2v) is 8.27. The first-order valence-corrected chi connectivity index (χ1v) is 9.15. The van der Waals surface area contributed by atoms with Crippen LogP contribution in [0.15, 0.2) is 54.7 Å². The van der Waals surface area contributed by atoms with Gasteiger partial charge in [0.2, 0.25) is 0 Å². The summed E-state index contributed by atoms with van der Waals surface area (Å²) >= 11 is 0. The SMILES string of the molecule is Cc1ccc2c(c1)cc(C)c1c[c-]c(-c3cc(C(C)(C)C)ccn3)cc12.[Ir]. The van der Waals surface area contributed by atoms with E-state index in [-0.39, 0.29) is 25.5 Å². The summed E-state index contributed by atoms with van der Waals surface area (Å²) in [6.07, 6.45) is 1.91. The van der Waals surface area contributed by atoms with Gasteiger partial charge in [0.05, 0.1) is 0 Å². The fraction of sp³-hybridized carbons (Fsp3) is 0.240. The van der Waals surface area contributed by atoms with E-state index >= 15 is 0 Å². The molecule has 0 aliphatic rings. The molecule has 139 valence electrons. The molecule has 0 amide bonds. The van der Waals surface area contributed by atoms with Crippen LogP contribution in [-0.2, 0) is 25.5 Å². The minimum atomic E-state index is 0. The molecule has 0 aliphatic carbocycles. The maximum atomic E-state index is 4.62. The van der Waals surface area contributed by atoms with Gasteiger partial charge in [-0.3, -0.25) is 0 Å². The van der Waals surface area contributed by atoms with Crippen LogP contribution in [0.4, 0.5) is 0 Å². The van der Waals surface area contributed by atoms with Gasteiger partial charge in [-0.05, 0) is 47.4 Å². The molecule has 1 heterocycles. The van der Waals surface area contributed by atoms with E-state index in [9.17, 15) is 0 Å². The zero-order valence-electron chi connectivity index (χ0n) is 16.5. The molecule has 0 saturated carbocycles. The normalized spacial score (nSPS) is 11.6. The number of aromatic nitrogens is 1. The molecule has 4 aromatic rings. The Hall–Kier alpha value is -2.02. The van der Waals surface area contributed by atoms with Gasteiger partial charge in [0.15, 0.2) is 0 Å². The van der Waals surface area contributed by atoms with Crippen molar-refractivity contribution in [2.24, 2.45) is 0 Å². The predicted molar refractivity (Wildman–Crippen MR) is 112 cm³/mol. The summed E-state index contributed by atoms with van der Waals surface area (Å²) in [5, 5.41) is 5.12. The van der Waals surface area contributed by atoms with Crippen molar-refractivity contribution in [3.8, 4) is 11.3 Å². The molecule has 0 atom stereocenters. The molecule has 2 heteroatoms. The van der Waals surface area contributed by atoms with Gasteiger partial charge in [-0.25, -0.2) is 0 Å². The number of aryl methyl sites for hydroxylation is 2. The van der Waals surface area contributed by atoms with Crippen molar-refractivity contribution >= 4 is 21.5 Å². The maximum absolute atomic E-state index is 4.62. The van der Waals surface area contributed by atoms with Gasteiger partial charge in [0.1, 0.15) is 0 Å². The van der Waals surface area contributed by atoms with Crippen LogP contribution in [0.2, 0.25) is 0 Å². The predicted octanol–water partition coefficient (Wildman–Crippen LogP) is 6.77. The Balaban J connectivity index is 0.00000210. The standard InChI is InChI=1S/C25H24N.Ir/c1-16-6-8-22-19(12-16)13-17(2)21-9-7-18(14-23(21)22)24-15-20(10-11-26-24)25(3,4)5;/h6,8-15H,1-5H3;/q-1;. The molecule has 0 fully saturated rings. The van der Waals surface area contributed by atoms with E-state index in [2.05, 4.69) is 94.2 Å². The van der Waals surface area contributed by atoms with Gasteiger partial charge in [-0.15, -0.1) is 23.8 Å². The fourth-order valence-electron chi connectivity index (χ4n) is 3.59. The first-order chi connectivity index (χ1) is 12.3. The second kappa shape index (κ2) is 7.19. The summed E-state index contributed by atoms with van der Waals surface area (Å²) in [5.41, 5.74) is 6.02. The molecule has 4 rings (SSSR count). The van der Waals surface area contributed by atoms with Gasteiger partial charge >= 0.3 is 0 Å². The van der Waals surface area contributed by atoms with Crippen LogP contribution in [0.5, 0.6) is 0 Å². The third kappa shape index (κ3) is 3.70. The Morgan fingerprint density at radius 1 is 0.852 bits per heavy atom. The summed E-state index contributed by atoms with van der Waals surface area (Å²) in [4.78, 5) is 4.62. The van der Waals surface area contributed by atoms with Crippen LogP contribution >= 0.6 is 0 Å². The van der Waals surface area contributed by atoms with E-state index in [4.69, 9.17) is 0 Å². The van der Waals surface area contributed by atoms with Crippen LogP contribution < -0.4 is 0 Å². The molecular formula is C25H24IrN-. The molecular weight excluding hydrogens is 506 g/mol. The average Bonchev–Trinajstić information content (AvgIpc) is 2.60. The number of hydrogen-bond acceptors (Lipinski definition) is 1. The zero-order valence-corrected chi connectivity index (χ0v) is 18.9. The number of rotatable bonds is 1. The number of fused-ring (bicyclic) bond motifs is 3. The van der Waals surface area contributed by atoms with E-state index < -0.39 is 0 Å². The average molecular weight is 531 g/mol. The van der Waals surface area contributed by atoms with Gasteiger partial charge in [-0.1, -0.05) is 73.0 Å². The summed E-state index contributed by atoms with van der Waals surface area (Å²) < 4.78 is 0. The van der Waals surface area contributed by atoms with Crippen molar-refractivity contribution in [2.75, 3.05) is 0 Å². The van der Waals surface area contributed by atoms with E-state index in [1.807, 2.05) is 6.20 Å². The fourth-order valence-corrected chi connectivity index (χ4v) is 3.59. The molecule has 0 bridgehead atoms. The molecule has 1 nitrogen and oxygen atoms in total. The Bertz CT molecular complexity index is 1140. The molecule has 3 aromatic carbocycles. The van der Waals surface area contributed by atoms with Crippen LogP contribution in [0.1, 0.15) is 37.5 Å². The Morgan fingerprint density at radius 3 is 2.37 bits per heavy atom. The van der Waals surface area contributed by atoms with Crippen molar-refractivity contribution < 1.29 is 20.1 Å². The minimum Gasteiger partial charge on any atom is -0.305 e. The summed E-state index contributed by atoms with van der Waals surface area (Å²) in [6, 6.07) is 21.1. The van der Waals surface area contributed by atoms with Crippen molar-refractivity contribution in [3.05, 3.63) is 77.5 Å². The van der Waals surface area contributed by atoms with E-state index in [0.29, 0.717) is 0 Å². The molecule has 27 heavy (non-hydrogen) atoms. The van der Waals surface area contributed by atoms with E-state index in [1.165, 1.54) is 38.2 Å². The van der Waals surface area contributed by atoms with Crippen LogP contribution in [0.25, 0.3) is 32.8 Å². The van der Waals surface area contributed by atoms with Gasteiger partial charge in [-0.2, -0.15) is 0 Å². The summed E-state index contributed by atoms with van der Waals surface area (Å²) in [7, 11) is 0. The second-order valence-electron chi connectivity index (χ2n) is 8.27. The first kappa shape index (κ1) is 19.7. The molecule has 1 radical (unpaired) electrons. The molecule has 1 aromatic heterocycles. The number of nitrogens with zero attached hydrogens (tertiary/aromatic N) is 1. The molecule has 0 saturated heterocycles. The number of benzene rings is 3. The van der Waals surface area contributed by atoms with Crippen LogP contribution in [-0.4, -0.2) is 4.98 Å². The van der Waals surface area contributed by atoms with Gasteiger partial charge in [0.25, 0.3) is 0 Å². The quantitative estimate of drug-likeness (QED) is 0.196. The molecule has 0 N–H and O–H groups in total. The van der Waals surface area contributed by atoms with E-state index in [1.54, 1.807) is 0 Å². The topological polar surface area (TPSA) is 12.9 Å². The Morgan fingerprint density at radius 2 is 1.63 bits per heavy atom. The van der Waals surface area contributed by atoms with Crippen molar-refractivity contribution in [2.45, 2.75) is 40.0 Å². The monoisotopic (exact) mass is 531 g/mol. The largest absolute Gasteiger partial charge is 0.305 e. The van der Waals surface area contributed by atoms with Crippen LogP contribution in [0, 0.1) is 19.9 Å². The molecule has 0 unspecified atom stereocenters. The Kier molecular flexibility index (Phi) is 5.25. The maximum Gasteiger partial charge on any atom is 0.0163 e. The Labute approximate surface area is 175 Å². The molecule has 0 spiro atoms. The van der Waals surface area contributed by atoms with Crippen molar-refractivity contribution in [3.63, 3.8) is 0 Å². The first-order valence-electron chi connectivity index (χ1n) is 9.15. The third-order valence-electron chi connectivity index (χ3n) is 5.15. The van der Waals surface area contributed by atoms with Crippen molar-refractivity contribution in [1.29, 1.82) is 0 Å².